The van der Waals surface area contributed by atoms with Gasteiger partial charge in [0, 0.05) is 18.1 Å². The summed E-state index contributed by atoms with van der Waals surface area (Å²) in [6, 6.07) is 17.5. The standard InChI is InChI=1S/C23H20N2O3S/c1-16-4-3-5-17(12-16)15-25-22(26)21(29-23(25)27)13-18-10-11-24(14-18)19-6-8-20(28-2)9-7-19/h3-14H,15H2,1-2H3/b21-13+. The lowest BCUT2D eigenvalue weighted by Gasteiger charge is -2.12. The third-order valence-electron chi connectivity index (χ3n) is 4.68. The van der Waals surface area contributed by atoms with Gasteiger partial charge in [-0.1, -0.05) is 29.8 Å². The molecule has 1 fully saturated rings. The van der Waals surface area contributed by atoms with E-state index in [1.807, 2.05) is 78.5 Å². The van der Waals surface area contributed by atoms with Crippen LogP contribution in [0.15, 0.2) is 71.9 Å². The molecule has 0 spiro atoms. The van der Waals surface area contributed by atoms with Crippen molar-refractivity contribution in [3.63, 3.8) is 0 Å². The van der Waals surface area contributed by atoms with Gasteiger partial charge in [0.05, 0.1) is 18.6 Å². The topological polar surface area (TPSA) is 51.5 Å². The monoisotopic (exact) mass is 404 g/mol. The minimum absolute atomic E-state index is 0.239. The second-order valence-electron chi connectivity index (χ2n) is 6.81. The summed E-state index contributed by atoms with van der Waals surface area (Å²) in [6.07, 6.45) is 5.61. The first-order valence-corrected chi connectivity index (χ1v) is 9.98. The quantitative estimate of drug-likeness (QED) is 0.560. The first-order chi connectivity index (χ1) is 14.0. The maximum absolute atomic E-state index is 12.8. The van der Waals surface area contributed by atoms with Gasteiger partial charge in [-0.25, -0.2) is 0 Å². The Morgan fingerprint density at radius 1 is 1.07 bits per heavy atom. The fourth-order valence-corrected chi connectivity index (χ4v) is 4.03. The van der Waals surface area contributed by atoms with Crippen molar-refractivity contribution in [3.8, 4) is 11.4 Å². The first kappa shape index (κ1) is 19.1. The van der Waals surface area contributed by atoms with Gasteiger partial charge in [0.2, 0.25) is 0 Å². The summed E-state index contributed by atoms with van der Waals surface area (Å²) in [5.41, 5.74) is 3.89. The Balaban J connectivity index is 1.52. The molecule has 2 amide bonds. The summed E-state index contributed by atoms with van der Waals surface area (Å²) in [6.45, 7) is 2.28. The highest BCUT2D eigenvalue weighted by Crippen LogP contribution is 2.33. The van der Waals surface area contributed by atoms with Gasteiger partial charge in [0.25, 0.3) is 11.1 Å². The lowest BCUT2D eigenvalue weighted by molar-refractivity contribution is -0.123. The molecule has 0 radical (unpaired) electrons. The van der Waals surface area contributed by atoms with E-state index < -0.39 is 0 Å². The van der Waals surface area contributed by atoms with Crippen molar-refractivity contribution < 1.29 is 14.3 Å². The van der Waals surface area contributed by atoms with Crippen LogP contribution in [0.25, 0.3) is 11.8 Å². The van der Waals surface area contributed by atoms with Gasteiger partial charge in [0.1, 0.15) is 5.75 Å². The Kier molecular flexibility index (Phi) is 5.27. The van der Waals surface area contributed by atoms with Crippen molar-refractivity contribution in [2.75, 3.05) is 7.11 Å². The van der Waals surface area contributed by atoms with Crippen LogP contribution in [-0.4, -0.2) is 27.7 Å². The fourth-order valence-electron chi connectivity index (χ4n) is 3.19. The highest BCUT2D eigenvalue weighted by Gasteiger charge is 2.35. The van der Waals surface area contributed by atoms with Crippen LogP contribution in [0.5, 0.6) is 5.75 Å². The number of hydrogen-bond acceptors (Lipinski definition) is 4. The number of thioether (sulfide) groups is 1. The van der Waals surface area contributed by atoms with E-state index in [1.165, 1.54) is 4.90 Å². The number of aryl methyl sites for hydroxylation is 1. The molecular weight excluding hydrogens is 384 g/mol. The normalized spacial score (nSPS) is 15.4. The largest absolute Gasteiger partial charge is 0.497 e. The van der Waals surface area contributed by atoms with Crippen molar-refractivity contribution in [2.45, 2.75) is 13.5 Å². The maximum Gasteiger partial charge on any atom is 0.293 e. The summed E-state index contributed by atoms with van der Waals surface area (Å²) in [5, 5.41) is -0.239. The smallest absolute Gasteiger partial charge is 0.293 e. The van der Waals surface area contributed by atoms with E-state index in [9.17, 15) is 9.59 Å². The second kappa shape index (κ2) is 8.01. The summed E-state index contributed by atoms with van der Waals surface area (Å²) >= 11 is 0.983. The molecule has 4 rings (SSSR count). The van der Waals surface area contributed by atoms with E-state index in [0.717, 1.165) is 39.9 Å². The molecule has 1 saturated heterocycles. The van der Waals surface area contributed by atoms with E-state index in [0.29, 0.717) is 4.91 Å². The molecule has 1 aliphatic heterocycles. The Labute approximate surface area is 173 Å². The molecule has 2 aromatic carbocycles. The Hall–Kier alpha value is -3.25. The minimum Gasteiger partial charge on any atom is -0.497 e. The minimum atomic E-state index is -0.251. The molecule has 0 unspecified atom stereocenters. The zero-order valence-electron chi connectivity index (χ0n) is 16.2. The number of rotatable bonds is 5. The van der Waals surface area contributed by atoms with Crippen LogP contribution < -0.4 is 4.74 Å². The molecule has 29 heavy (non-hydrogen) atoms. The Morgan fingerprint density at radius 3 is 2.59 bits per heavy atom. The molecule has 0 atom stereocenters. The maximum atomic E-state index is 12.8. The van der Waals surface area contributed by atoms with Gasteiger partial charge in [-0.05, 0) is 66.2 Å². The van der Waals surface area contributed by atoms with Gasteiger partial charge in [-0.15, -0.1) is 0 Å². The highest BCUT2D eigenvalue weighted by molar-refractivity contribution is 8.18. The Morgan fingerprint density at radius 2 is 1.86 bits per heavy atom. The summed E-state index contributed by atoms with van der Waals surface area (Å²) in [4.78, 5) is 26.9. The SMILES string of the molecule is COc1ccc(-n2ccc(/C=C3/SC(=O)N(Cc4cccc(C)c4)C3=O)c2)cc1. The van der Waals surface area contributed by atoms with Crippen LogP contribution >= 0.6 is 11.8 Å². The van der Waals surface area contributed by atoms with Crippen LogP contribution in [-0.2, 0) is 11.3 Å². The van der Waals surface area contributed by atoms with E-state index in [1.54, 1.807) is 13.2 Å². The van der Waals surface area contributed by atoms with Gasteiger partial charge >= 0.3 is 0 Å². The van der Waals surface area contributed by atoms with Crippen molar-refractivity contribution in [3.05, 3.63) is 88.6 Å². The number of carbonyl (C=O) groups excluding carboxylic acids is 2. The first-order valence-electron chi connectivity index (χ1n) is 9.17. The molecule has 0 N–H and O–H groups in total. The number of aromatic nitrogens is 1. The zero-order chi connectivity index (χ0) is 20.4. The average Bonchev–Trinajstić information content (AvgIpc) is 3.29. The van der Waals surface area contributed by atoms with Crippen LogP contribution in [0.2, 0.25) is 0 Å². The number of amides is 2. The molecule has 0 saturated carbocycles. The Bertz CT molecular complexity index is 1100. The van der Waals surface area contributed by atoms with Crippen molar-refractivity contribution in [1.82, 2.24) is 9.47 Å². The summed E-state index contributed by atoms with van der Waals surface area (Å²) in [7, 11) is 1.63. The van der Waals surface area contributed by atoms with Crippen LogP contribution in [0.4, 0.5) is 4.79 Å². The summed E-state index contributed by atoms with van der Waals surface area (Å²) in [5.74, 6) is 0.544. The lowest BCUT2D eigenvalue weighted by atomic mass is 10.1. The molecule has 1 aliphatic rings. The van der Waals surface area contributed by atoms with Crippen molar-refractivity contribution >= 4 is 29.0 Å². The third kappa shape index (κ3) is 4.12. The van der Waals surface area contributed by atoms with Crippen molar-refractivity contribution in [2.24, 2.45) is 0 Å². The molecule has 5 nitrogen and oxygen atoms in total. The fraction of sp³-hybridized carbons (Fsp3) is 0.130. The molecule has 0 bridgehead atoms. The molecule has 6 heteroatoms. The molecule has 146 valence electrons. The van der Waals surface area contributed by atoms with Gasteiger partial charge in [-0.3, -0.25) is 14.5 Å². The average molecular weight is 404 g/mol. The molecule has 2 heterocycles. The van der Waals surface area contributed by atoms with Crippen LogP contribution in [0.3, 0.4) is 0 Å². The molecule has 1 aromatic heterocycles. The number of imide groups is 1. The van der Waals surface area contributed by atoms with Crippen molar-refractivity contribution in [1.29, 1.82) is 0 Å². The third-order valence-corrected chi connectivity index (χ3v) is 5.59. The predicted octanol–water partition coefficient (Wildman–Crippen LogP) is 5.03. The van der Waals surface area contributed by atoms with Gasteiger partial charge in [-0.2, -0.15) is 0 Å². The summed E-state index contributed by atoms with van der Waals surface area (Å²) < 4.78 is 7.14. The second-order valence-corrected chi connectivity index (χ2v) is 7.80. The van der Waals surface area contributed by atoms with Crippen LogP contribution in [0, 0.1) is 6.92 Å². The number of carbonyl (C=O) groups is 2. The lowest BCUT2D eigenvalue weighted by Crippen LogP contribution is -2.27. The molecule has 3 aromatic rings. The van der Waals surface area contributed by atoms with Crippen LogP contribution in [0.1, 0.15) is 16.7 Å². The number of methoxy groups -OCH3 is 1. The van der Waals surface area contributed by atoms with Gasteiger partial charge in [0.15, 0.2) is 0 Å². The number of nitrogens with zero attached hydrogens (tertiary/aromatic N) is 2. The van der Waals surface area contributed by atoms with E-state index in [2.05, 4.69) is 0 Å². The number of benzene rings is 2. The number of ether oxygens (including phenoxy) is 1. The zero-order valence-corrected chi connectivity index (χ0v) is 17.0. The molecule has 0 aliphatic carbocycles. The number of hydrogen-bond donors (Lipinski definition) is 0. The van der Waals surface area contributed by atoms with E-state index in [4.69, 9.17) is 4.74 Å². The van der Waals surface area contributed by atoms with E-state index >= 15 is 0 Å². The highest BCUT2D eigenvalue weighted by atomic mass is 32.2. The van der Waals surface area contributed by atoms with E-state index in [-0.39, 0.29) is 17.7 Å². The van der Waals surface area contributed by atoms with Gasteiger partial charge < -0.3 is 9.30 Å². The predicted molar refractivity (Wildman–Crippen MR) is 115 cm³/mol. The molecular formula is C23H20N2O3S.